The van der Waals surface area contributed by atoms with E-state index < -0.39 is 0 Å². The van der Waals surface area contributed by atoms with Crippen LogP contribution in [0.4, 0.5) is 5.82 Å². The van der Waals surface area contributed by atoms with E-state index in [1.54, 1.807) is 18.3 Å². The fourth-order valence-electron chi connectivity index (χ4n) is 1.40. The number of amides is 1. The lowest BCUT2D eigenvalue weighted by molar-refractivity contribution is 0.102. The second-order valence-corrected chi connectivity index (χ2v) is 4.88. The number of anilines is 1. The Bertz CT molecular complexity index is 537. The third-order valence-corrected chi connectivity index (χ3v) is 3.07. The molecule has 0 unspecified atom stereocenters. The fourth-order valence-corrected chi connectivity index (χ4v) is 1.76. The topological polar surface area (TPSA) is 42.0 Å². The predicted octanol–water partition coefficient (Wildman–Crippen LogP) is 3.25. The van der Waals surface area contributed by atoms with Gasteiger partial charge in [-0.3, -0.25) is 4.79 Å². The molecule has 0 aliphatic carbocycles. The Balaban J connectivity index is 2.17. The highest BCUT2D eigenvalue weighted by molar-refractivity contribution is 14.1. The van der Waals surface area contributed by atoms with E-state index in [0.29, 0.717) is 11.4 Å². The van der Waals surface area contributed by atoms with E-state index in [-0.39, 0.29) is 5.91 Å². The Morgan fingerprint density at radius 2 is 1.94 bits per heavy atom. The number of nitrogens with zero attached hydrogens (tertiary/aromatic N) is 1. The molecule has 0 radical (unpaired) electrons. The minimum absolute atomic E-state index is 0.136. The van der Waals surface area contributed by atoms with Crippen molar-refractivity contribution >= 4 is 34.3 Å². The number of hydrogen-bond donors (Lipinski definition) is 1. The molecule has 1 heterocycles. The zero-order valence-corrected chi connectivity index (χ0v) is 11.4. The highest BCUT2D eigenvalue weighted by Gasteiger charge is 2.07. The summed E-state index contributed by atoms with van der Waals surface area (Å²) < 4.78 is 1.10. The molecule has 0 aliphatic heterocycles. The summed E-state index contributed by atoms with van der Waals surface area (Å²) in [6, 6.07) is 11.2. The lowest BCUT2D eigenvalue weighted by Gasteiger charge is -2.06. The molecule has 0 spiro atoms. The first-order valence-electron chi connectivity index (χ1n) is 5.15. The number of rotatable bonds is 2. The zero-order valence-electron chi connectivity index (χ0n) is 9.27. The van der Waals surface area contributed by atoms with Gasteiger partial charge in [0.2, 0.25) is 0 Å². The van der Waals surface area contributed by atoms with Crippen LogP contribution in [0.5, 0.6) is 0 Å². The third-order valence-electron chi connectivity index (χ3n) is 2.35. The van der Waals surface area contributed by atoms with Gasteiger partial charge in [-0.05, 0) is 65.4 Å². The van der Waals surface area contributed by atoms with Gasteiger partial charge in [-0.15, -0.1) is 0 Å². The standard InChI is InChI=1S/C13H11IN2O/c1-9-3-2-8-15-12(9)16-13(17)10-4-6-11(14)7-5-10/h2-8H,1H3,(H,15,16,17). The molecule has 1 aromatic carbocycles. The van der Waals surface area contributed by atoms with Crippen LogP contribution in [0.3, 0.4) is 0 Å². The minimum Gasteiger partial charge on any atom is -0.306 e. The summed E-state index contributed by atoms with van der Waals surface area (Å²) in [5, 5.41) is 2.79. The maximum absolute atomic E-state index is 11.9. The molecule has 0 atom stereocenters. The van der Waals surface area contributed by atoms with Crippen molar-refractivity contribution in [2.24, 2.45) is 0 Å². The van der Waals surface area contributed by atoms with Gasteiger partial charge in [0, 0.05) is 15.3 Å². The molecule has 2 rings (SSSR count). The number of hydrogen-bond acceptors (Lipinski definition) is 2. The van der Waals surface area contributed by atoms with Crippen LogP contribution in [0.15, 0.2) is 42.6 Å². The lowest BCUT2D eigenvalue weighted by atomic mass is 10.2. The molecule has 1 N–H and O–H groups in total. The second kappa shape index (κ2) is 5.27. The van der Waals surface area contributed by atoms with Gasteiger partial charge in [-0.25, -0.2) is 4.98 Å². The first-order chi connectivity index (χ1) is 8.16. The molecule has 17 heavy (non-hydrogen) atoms. The molecule has 0 saturated carbocycles. The third kappa shape index (κ3) is 3.03. The Morgan fingerprint density at radius 3 is 2.59 bits per heavy atom. The van der Waals surface area contributed by atoms with E-state index in [1.165, 1.54) is 0 Å². The number of halogens is 1. The van der Waals surface area contributed by atoms with Crippen LogP contribution in [0.25, 0.3) is 0 Å². The van der Waals surface area contributed by atoms with Gasteiger partial charge >= 0.3 is 0 Å². The van der Waals surface area contributed by atoms with Gasteiger partial charge in [0.25, 0.3) is 5.91 Å². The van der Waals surface area contributed by atoms with Crippen molar-refractivity contribution in [2.75, 3.05) is 5.32 Å². The quantitative estimate of drug-likeness (QED) is 0.854. The molecule has 0 bridgehead atoms. The number of nitrogens with one attached hydrogen (secondary N) is 1. The molecule has 0 aliphatic rings. The van der Waals surface area contributed by atoms with Crippen LogP contribution in [-0.4, -0.2) is 10.9 Å². The largest absolute Gasteiger partial charge is 0.306 e. The first kappa shape index (κ1) is 12.0. The molecule has 3 nitrogen and oxygen atoms in total. The zero-order chi connectivity index (χ0) is 12.3. The van der Waals surface area contributed by atoms with Gasteiger partial charge in [-0.2, -0.15) is 0 Å². The van der Waals surface area contributed by atoms with Crippen LogP contribution < -0.4 is 5.32 Å². The molecule has 86 valence electrons. The summed E-state index contributed by atoms with van der Waals surface area (Å²) in [7, 11) is 0. The van der Waals surface area contributed by atoms with E-state index in [1.807, 2.05) is 31.2 Å². The normalized spacial score (nSPS) is 10.0. The Morgan fingerprint density at radius 1 is 1.24 bits per heavy atom. The van der Waals surface area contributed by atoms with E-state index >= 15 is 0 Å². The average Bonchev–Trinajstić information content (AvgIpc) is 2.33. The van der Waals surface area contributed by atoms with Gasteiger partial charge in [0.1, 0.15) is 5.82 Å². The molecule has 1 aromatic heterocycles. The monoisotopic (exact) mass is 338 g/mol. The molecular formula is C13H11IN2O. The van der Waals surface area contributed by atoms with Crippen molar-refractivity contribution in [3.8, 4) is 0 Å². The number of aromatic nitrogens is 1. The van der Waals surface area contributed by atoms with E-state index in [4.69, 9.17) is 0 Å². The summed E-state index contributed by atoms with van der Waals surface area (Å²) in [4.78, 5) is 16.1. The average molecular weight is 338 g/mol. The summed E-state index contributed by atoms with van der Waals surface area (Å²) in [5.41, 5.74) is 1.59. The Kier molecular flexibility index (Phi) is 3.73. The number of benzene rings is 1. The number of pyridine rings is 1. The Labute approximate surface area is 113 Å². The number of aryl methyl sites for hydroxylation is 1. The molecule has 4 heteroatoms. The van der Waals surface area contributed by atoms with Gasteiger partial charge < -0.3 is 5.32 Å². The van der Waals surface area contributed by atoms with Crippen LogP contribution in [0.1, 0.15) is 15.9 Å². The molecule has 1 amide bonds. The van der Waals surface area contributed by atoms with Crippen molar-refractivity contribution in [1.29, 1.82) is 0 Å². The lowest BCUT2D eigenvalue weighted by Crippen LogP contribution is -2.13. The molecule has 0 saturated heterocycles. The minimum atomic E-state index is -0.136. The second-order valence-electron chi connectivity index (χ2n) is 3.63. The van der Waals surface area contributed by atoms with Crippen LogP contribution >= 0.6 is 22.6 Å². The van der Waals surface area contributed by atoms with Crippen LogP contribution in [-0.2, 0) is 0 Å². The Hall–Kier alpha value is -1.43. The summed E-state index contributed by atoms with van der Waals surface area (Å²) >= 11 is 2.20. The van der Waals surface area contributed by atoms with Crippen molar-refractivity contribution in [3.63, 3.8) is 0 Å². The van der Waals surface area contributed by atoms with Crippen LogP contribution in [0, 0.1) is 10.5 Å². The maximum Gasteiger partial charge on any atom is 0.256 e. The highest BCUT2D eigenvalue weighted by atomic mass is 127. The maximum atomic E-state index is 11.9. The van der Waals surface area contributed by atoms with Gasteiger partial charge in [-0.1, -0.05) is 6.07 Å². The first-order valence-corrected chi connectivity index (χ1v) is 6.23. The van der Waals surface area contributed by atoms with Crippen molar-refractivity contribution in [3.05, 3.63) is 57.3 Å². The number of carbonyl (C=O) groups excluding carboxylic acids is 1. The van der Waals surface area contributed by atoms with Crippen molar-refractivity contribution in [1.82, 2.24) is 4.98 Å². The SMILES string of the molecule is Cc1cccnc1NC(=O)c1ccc(I)cc1. The van der Waals surface area contributed by atoms with E-state index in [0.717, 1.165) is 9.13 Å². The predicted molar refractivity (Wildman–Crippen MR) is 76.1 cm³/mol. The summed E-state index contributed by atoms with van der Waals surface area (Å²) in [5.74, 6) is 0.472. The van der Waals surface area contributed by atoms with Gasteiger partial charge in [0.05, 0.1) is 0 Å². The van der Waals surface area contributed by atoms with E-state index in [9.17, 15) is 4.79 Å². The molecular weight excluding hydrogens is 327 g/mol. The summed E-state index contributed by atoms with van der Waals surface area (Å²) in [6.45, 7) is 1.91. The number of carbonyl (C=O) groups is 1. The fraction of sp³-hybridized carbons (Fsp3) is 0.0769. The summed E-state index contributed by atoms with van der Waals surface area (Å²) in [6.07, 6.45) is 1.66. The molecule has 2 aromatic rings. The van der Waals surface area contributed by atoms with Crippen LogP contribution in [0.2, 0.25) is 0 Å². The van der Waals surface area contributed by atoms with Crippen molar-refractivity contribution < 1.29 is 4.79 Å². The van der Waals surface area contributed by atoms with Crippen molar-refractivity contribution in [2.45, 2.75) is 6.92 Å². The smallest absolute Gasteiger partial charge is 0.256 e. The highest BCUT2D eigenvalue weighted by Crippen LogP contribution is 2.12. The van der Waals surface area contributed by atoms with E-state index in [2.05, 4.69) is 32.9 Å². The molecule has 0 fully saturated rings. The van der Waals surface area contributed by atoms with Gasteiger partial charge in [0.15, 0.2) is 0 Å².